The first-order valence-corrected chi connectivity index (χ1v) is 10.6. The van der Waals surface area contributed by atoms with E-state index < -0.39 is 17.3 Å². The first-order chi connectivity index (χ1) is 14.9. The second-order valence-corrected chi connectivity index (χ2v) is 7.96. The van der Waals surface area contributed by atoms with Crippen LogP contribution in [0.4, 0.5) is 4.79 Å². The number of H-pyrrole nitrogens is 1. The van der Waals surface area contributed by atoms with Crippen LogP contribution in [0.15, 0.2) is 25.2 Å². The lowest BCUT2D eigenvalue weighted by molar-refractivity contribution is 0.146. The number of aryl methyl sites for hydroxylation is 1. The van der Waals surface area contributed by atoms with E-state index in [1.54, 1.807) is 6.92 Å². The van der Waals surface area contributed by atoms with Crippen molar-refractivity contribution in [3.8, 4) is 6.01 Å². The van der Waals surface area contributed by atoms with Gasteiger partial charge in [0.2, 0.25) is 5.71 Å². The van der Waals surface area contributed by atoms with Crippen molar-refractivity contribution in [2.45, 2.75) is 65.3 Å². The summed E-state index contributed by atoms with van der Waals surface area (Å²) < 4.78 is 10.0. The summed E-state index contributed by atoms with van der Waals surface area (Å²) in [7, 11) is 0. The molecule has 1 aliphatic carbocycles. The van der Waals surface area contributed by atoms with Crippen molar-refractivity contribution >= 4 is 22.9 Å². The maximum Gasteiger partial charge on any atom is 0.407 e. The Labute approximate surface area is 179 Å². The van der Waals surface area contributed by atoms with E-state index in [4.69, 9.17) is 14.0 Å². The van der Waals surface area contributed by atoms with E-state index in [1.807, 2.05) is 0 Å². The fourth-order valence-corrected chi connectivity index (χ4v) is 3.45. The van der Waals surface area contributed by atoms with Crippen molar-refractivity contribution < 1.29 is 18.8 Å². The Morgan fingerprint density at radius 2 is 2.10 bits per heavy atom. The zero-order valence-electron chi connectivity index (χ0n) is 18.0. The van der Waals surface area contributed by atoms with Gasteiger partial charge in [0.1, 0.15) is 5.39 Å². The molecule has 0 atom stereocenters. The monoisotopic (exact) mass is 432 g/mol. The second kappa shape index (κ2) is 10.2. The van der Waals surface area contributed by atoms with Gasteiger partial charge in [0.15, 0.2) is 0 Å². The van der Waals surface area contributed by atoms with E-state index in [2.05, 4.69) is 34.3 Å². The normalized spacial score (nSPS) is 16.4. The van der Waals surface area contributed by atoms with Crippen LogP contribution in [0.2, 0.25) is 0 Å². The summed E-state index contributed by atoms with van der Waals surface area (Å²) in [6, 6.07) is 1.22. The molecule has 2 heterocycles. The van der Waals surface area contributed by atoms with Crippen LogP contribution in [-0.4, -0.2) is 34.4 Å². The molecule has 0 saturated heterocycles. The van der Waals surface area contributed by atoms with Crippen molar-refractivity contribution in [3.05, 3.63) is 32.4 Å². The summed E-state index contributed by atoms with van der Waals surface area (Å²) in [6.45, 7) is 6.23. The molecule has 10 nitrogen and oxygen atoms in total. The maximum atomic E-state index is 12.6. The number of nitrogens with one attached hydrogen (secondary N) is 2. The Morgan fingerprint density at radius 3 is 2.77 bits per heavy atom. The number of alkyl carbamates (subject to hydrolysis) is 1. The van der Waals surface area contributed by atoms with E-state index in [9.17, 15) is 14.4 Å². The average Bonchev–Trinajstić information content (AvgIpc) is 2.71. The van der Waals surface area contributed by atoms with E-state index in [0.717, 1.165) is 12.1 Å². The number of aromatic nitrogens is 2. The van der Waals surface area contributed by atoms with Crippen molar-refractivity contribution in [2.75, 3.05) is 6.61 Å². The Hall–Kier alpha value is -3.17. The van der Waals surface area contributed by atoms with Crippen molar-refractivity contribution in [1.82, 2.24) is 15.3 Å². The summed E-state index contributed by atoms with van der Waals surface area (Å²) in [4.78, 5) is 48.0. The number of nitrogens with zero attached hydrogens (tertiary/aromatic N) is 2. The van der Waals surface area contributed by atoms with Crippen LogP contribution in [0.1, 0.15) is 58.4 Å². The van der Waals surface area contributed by atoms with Gasteiger partial charge in [-0.1, -0.05) is 19.0 Å². The molecule has 3 rings (SSSR count). The van der Waals surface area contributed by atoms with E-state index >= 15 is 0 Å². The highest BCUT2D eigenvalue weighted by Gasteiger charge is 2.20. The number of carbonyl (C=O) groups is 1. The lowest BCUT2D eigenvalue weighted by atomic mass is 9.94. The third kappa shape index (κ3) is 6.16. The SMILES string of the molecule is CCOC(=O)NC1CCC(=NOc2nc3oc(=O)cc(CCC(C)C)c3c(=O)[nH]2)CC1. The Bertz CT molecular complexity index is 1060. The van der Waals surface area contributed by atoms with Gasteiger partial charge in [0.25, 0.3) is 5.56 Å². The van der Waals surface area contributed by atoms with Gasteiger partial charge in [-0.2, -0.15) is 4.98 Å². The first-order valence-electron chi connectivity index (χ1n) is 10.6. The van der Waals surface area contributed by atoms with E-state index in [1.165, 1.54) is 6.07 Å². The van der Waals surface area contributed by atoms with Gasteiger partial charge < -0.3 is 19.3 Å². The van der Waals surface area contributed by atoms with Gasteiger partial charge in [0, 0.05) is 12.1 Å². The van der Waals surface area contributed by atoms with Crippen LogP contribution >= 0.6 is 0 Å². The maximum absolute atomic E-state index is 12.6. The molecule has 1 saturated carbocycles. The molecule has 168 valence electrons. The highest BCUT2D eigenvalue weighted by atomic mass is 16.6. The molecule has 2 N–H and O–H groups in total. The minimum absolute atomic E-state index is 0.0233. The Morgan fingerprint density at radius 1 is 1.35 bits per heavy atom. The molecule has 0 aliphatic heterocycles. The van der Waals surface area contributed by atoms with Crippen LogP contribution in [0.25, 0.3) is 11.1 Å². The van der Waals surface area contributed by atoms with Gasteiger partial charge in [-0.15, -0.1) is 0 Å². The van der Waals surface area contributed by atoms with Crippen molar-refractivity contribution in [1.29, 1.82) is 0 Å². The topological polar surface area (TPSA) is 136 Å². The number of fused-ring (bicyclic) bond motifs is 1. The van der Waals surface area contributed by atoms with Crippen molar-refractivity contribution in [2.24, 2.45) is 11.1 Å². The summed E-state index contributed by atoms with van der Waals surface area (Å²) in [5.74, 6) is 0.426. The zero-order valence-corrected chi connectivity index (χ0v) is 18.0. The lowest BCUT2D eigenvalue weighted by Crippen LogP contribution is -2.38. The zero-order chi connectivity index (χ0) is 22.4. The van der Waals surface area contributed by atoms with Crippen LogP contribution in [0.5, 0.6) is 6.01 Å². The molecule has 0 aromatic carbocycles. The van der Waals surface area contributed by atoms with Crippen LogP contribution in [0.3, 0.4) is 0 Å². The average molecular weight is 432 g/mol. The van der Waals surface area contributed by atoms with Gasteiger partial charge in [-0.3, -0.25) is 9.78 Å². The number of aromatic amines is 1. The molecule has 0 bridgehead atoms. The summed E-state index contributed by atoms with van der Waals surface area (Å²) in [5.41, 5.74) is 0.336. The molecule has 0 spiro atoms. The quantitative estimate of drug-likeness (QED) is 0.642. The van der Waals surface area contributed by atoms with Gasteiger partial charge in [-0.25, -0.2) is 9.59 Å². The standard InChI is InChI=1S/C21H28N4O6/c1-4-29-21(28)22-14-7-9-15(10-8-14)25-31-20-23-18(27)17-13(6-5-12(2)3)11-16(26)30-19(17)24-20/h11-12,14H,4-10H2,1-3H3,(H,22,28)(H,23,24,27). The molecule has 1 aliphatic rings. The summed E-state index contributed by atoms with van der Waals surface area (Å²) in [5, 5.41) is 7.14. The minimum atomic E-state index is -0.561. The number of hydrogen-bond acceptors (Lipinski definition) is 8. The van der Waals surface area contributed by atoms with Gasteiger partial charge in [0.05, 0.1) is 12.3 Å². The molecule has 1 amide bonds. The van der Waals surface area contributed by atoms with Crippen LogP contribution in [0, 0.1) is 5.92 Å². The number of rotatable bonds is 7. The molecule has 2 aromatic heterocycles. The fraction of sp³-hybridized carbons (Fsp3) is 0.571. The highest BCUT2D eigenvalue weighted by molar-refractivity contribution is 5.85. The molecule has 2 aromatic rings. The van der Waals surface area contributed by atoms with Crippen molar-refractivity contribution in [3.63, 3.8) is 0 Å². The second-order valence-electron chi connectivity index (χ2n) is 7.96. The predicted octanol–water partition coefficient (Wildman–Crippen LogP) is 2.89. The minimum Gasteiger partial charge on any atom is -0.450 e. The molecule has 31 heavy (non-hydrogen) atoms. The number of amides is 1. The number of ether oxygens (including phenoxy) is 1. The highest BCUT2D eigenvalue weighted by Crippen LogP contribution is 2.19. The van der Waals surface area contributed by atoms with Crippen LogP contribution in [-0.2, 0) is 11.2 Å². The Balaban J connectivity index is 1.69. The smallest absolute Gasteiger partial charge is 0.407 e. The molecular formula is C21H28N4O6. The lowest BCUT2D eigenvalue weighted by Gasteiger charge is -2.23. The number of oxime groups is 1. The summed E-state index contributed by atoms with van der Waals surface area (Å²) in [6.07, 6.45) is 3.65. The van der Waals surface area contributed by atoms with Crippen LogP contribution < -0.4 is 21.3 Å². The predicted molar refractivity (Wildman–Crippen MR) is 115 cm³/mol. The Kier molecular flexibility index (Phi) is 7.43. The third-order valence-corrected chi connectivity index (χ3v) is 5.09. The molecule has 10 heteroatoms. The molecular weight excluding hydrogens is 404 g/mol. The largest absolute Gasteiger partial charge is 0.450 e. The van der Waals surface area contributed by atoms with E-state index in [0.29, 0.717) is 50.2 Å². The third-order valence-electron chi connectivity index (χ3n) is 5.09. The number of hydrogen-bond donors (Lipinski definition) is 2. The fourth-order valence-electron chi connectivity index (χ4n) is 3.45. The molecule has 0 unspecified atom stereocenters. The van der Waals surface area contributed by atoms with Gasteiger partial charge >= 0.3 is 17.7 Å². The van der Waals surface area contributed by atoms with E-state index in [-0.39, 0.29) is 23.2 Å². The molecule has 0 radical (unpaired) electrons. The first kappa shape index (κ1) is 22.5. The summed E-state index contributed by atoms with van der Waals surface area (Å²) >= 11 is 0. The number of carbonyl (C=O) groups excluding carboxylic acids is 1. The van der Waals surface area contributed by atoms with Gasteiger partial charge in [-0.05, 0) is 56.9 Å². The molecule has 1 fully saturated rings.